The molecule has 0 spiro atoms. The average molecular weight is 252 g/mol. The van der Waals surface area contributed by atoms with E-state index in [2.05, 4.69) is 38.6 Å². The summed E-state index contributed by atoms with van der Waals surface area (Å²) in [5.74, 6) is 0.914. The summed E-state index contributed by atoms with van der Waals surface area (Å²) in [5, 5.41) is 0. The zero-order chi connectivity index (χ0) is 12.3. The average Bonchev–Trinajstić information content (AvgIpc) is 2.81. The third-order valence-electron chi connectivity index (χ3n) is 3.03. The van der Waals surface area contributed by atoms with E-state index < -0.39 is 0 Å². The van der Waals surface area contributed by atoms with Gasteiger partial charge in [-0.25, -0.2) is 0 Å². The molecule has 0 saturated carbocycles. The first-order valence-corrected chi connectivity index (χ1v) is 6.75. The molecule has 94 valence electrons. The van der Waals surface area contributed by atoms with Crippen molar-refractivity contribution in [2.24, 2.45) is 0 Å². The lowest BCUT2D eigenvalue weighted by molar-refractivity contribution is 0.111. The Morgan fingerprint density at radius 1 is 1.47 bits per heavy atom. The van der Waals surface area contributed by atoms with Crippen LogP contribution in [-0.4, -0.2) is 13.2 Å². The van der Waals surface area contributed by atoms with E-state index in [1.807, 2.05) is 0 Å². The van der Waals surface area contributed by atoms with Crippen molar-refractivity contribution in [2.75, 3.05) is 13.2 Å². The number of rotatable bonds is 4. The lowest BCUT2D eigenvalue weighted by atomic mass is 10.0. The highest BCUT2D eigenvalue weighted by molar-refractivity contribution is 7.80. The number of thiol groups is 1. The number of aryl methyl sites for hydroxylation is 1. The molecule has 3 heteroatoms. The second-order valence-corrected chi connectivity index (χ2v) is 5.02. The van der Waals surface area contributed by atoms with Crippen molar-refractivity contribution in [2.45, 2.75) is 44.1 Å². The van der Waals surface area contributed by atoms with E-state index in [9.17, 15) is 0 Å². The molecule has 1 heterocycles. The van der Waals surface area contributed by atoms with Crippen LogP contribution in [0.15, 0.2) is 17.0 Å². The highest BCUT2D eigenvalue weighted by Crippen LogP contribution is 2.35. The van der Waals surface area contributed by atoms with Gasteiger partial charge in [0.15, 0.2) is 0 Å². The van der Waals surface area contributed by atoms with Crippen LogP contribution >= 0.6 is 12.6 Å². The zero-order valence-electron chi connectivity index (χ0n) is 10.5. The maximum atomic E-state index is 5.72. The summed E-state index contributed by atoms with van der Waals surface area (Å²) in [6.45, 7) is 5.80. The van der Waals surface area contributed by atoms with Gasteiger partial charge in [-0.15, -0.1) is 12.6 Å². The summed E-state index contributed by atoms with van der Waals surface area (Å²) < 4.78 is 11.4. The number of benzene rings is 1. The van der Waals surface area contributed by atoms with Crippen LogP contribution in [0.5, 0.6) is 5.75 Å². The first kappa shape index (κ1) is 12.8. The molecule has 17 heavy (non-hydrogen) atoms. The van der Waals surface area contributed by atoms with Crippen LogP contribution < -0.4 is 4.74 Å². The first-order valence-electron chi connectivity index (χ1n) is 6.30. The van der Waals surface area contributed by atoms with E-state index in [0.29, 0.717) is 0 Å². The molecule has 1 fully saturated rings. The van der Waals surface area contributed by atoms with E-state index in [0.717, 1.165) is 48.7 Å². The quantitative estimate of drug-likeness (QED) is 0.819. The molecule has 0 aromatic heterocycles. The van der Waals surface area contributed by atoms with Gasteiger partial charge >= 0.3 is 0 Å². The van der Waals surface area contributed by atoms with Crippen LogP contribution in [0.2, 0.25) is 0 Å². The molecule has 0 aliphatic carbocycles. The molecule has 1 aromatic carbocycles. The Hall–Kier alpha value is -0.670. The van der Waals surface area contributed by atoms with Gasteiger partial charge in [0.1, 0.15) is 5.75 Å². The molecule has 1 atom stereocenters. The molecule has 0 amide bonds. The Morgan fingerprint density at radius 2 is 2.29 bits per heavy atom. The predicted octanol–water partition coefficient (Wildman–Crippen LogP) is 3.92. The van der Waals surface area contributed by atoms with Crippen LogP contribution in [-0.2, 0) is 4.74 Å². The van der Waals surface area contributed by atoms with Gasteiger partial charge in [-0.3, -0.25) is 0 Å². The number of hydrogen-bond donors (Lipinski definition) is 1. The molecular formula is C14H20O2S. The third kappa shape index (κ3) is 2.96. The van der Waals surface area contributed by atoms with Crippen LogP contribution in [0.3, 0.4) is 0 Å². The predicted molar refractivity (Wildman–Crippen MR) is 72.1 cm³/mol. The topological polar surface area (TPSA) is 18.5 Å². The van der Waals surface area contributed by atoms with Gasteiger partial charge in [0.25, 0.3) is 0 Å². The van der Waals surface area contributed by atoms with E-state index in [-0.39, 0.29) is 6.10 Å². The van der Waals surface area contributed by atoms with Crippen molar-refractivity contribution in [1.82, 2.24) is 0 Å². The summed E-state index contributed by atoms with van der Waals surface area (Å²) in [7, 11) is 0. The standard InChI is InChI=1S/C14H20O2S/c1-3-6-16-14-10(2)8-11(9-13(14)17)12-5-4-7-15-12/h8-9,12,17H,3-7H2,1-2H3. The smallest absolute Gasteiger partial charge is 0.135 e. The molecule has 0 bridgehead atoms. The second-order valence-electron chi connectivity index (χ2n) is 4.54. The Kier molecular flexibility index (Phi) is 4.35. The van der Waals surface area contributed by atoms with Crippen molar-refractivity contribution in [3.8, 4) is 5.75 Å². The molecule has 2 rings (SSSR count). The fourth-order valence-electron chi connectivity index (χ4n) is 2.20. The van der Waals surface area contributed by atoms with Crippen molar-refractivity contribution >= 4 is 12.6 Å². The second kappa shape index (κ2) is 5.78. The van der Waals surface area contributed by atoms with Crippen LogP contribution in [0.4, 0.5) is 0 Å². The van der Waals surface area contributed by atoms with E-state index in [1.54, 1.807) is 0 Å². The van der Waals surface area contributed by atoms with E-state index >= 15 is 0 Å². The fourth-order valence-corrected chi connectivity index (χ4v) is 2.59. The van der Waals surface area contributed by atoms with Gasteiger partial charge in [-0.2, -0.15) is 0 Å². The van der Waals surface area contributed by atoms with Crippen LogP contribution in [0.1, 0.15) is 43.4 Å². The van der Waals surface area contributed by atoms with Crippen LogP contribution in [0.25, 0.3) is 0 Å². The van der Waals surface area contributed by atoms with Gasteiger partial charge in [0.05, 0.1) is 12.7 Å². The first-order chi connectivity index (χ1) is 8.22. The van der Waals surface area contributed by atoms with Gasteiger partial charge < -0.3 is 9.47 Å². The van der Waals surface area contributed by atoms with Gasteiger partial charge in [-0.05, 0) is 49.4 Å². The Labute approximate surface area is 109 Å². The highest BCUT2D eigenvalue weighted by atomic mass is 32.1. The fraction of sp³-hybridized carbons (Fsp3) is 0.571. The largest absolute Gasteiger partial charge is 0.492 e. The maximum absolute atomic E-state index is 5.72. The van der Waals surface area contributed by atoms with Crippen molar-refractivity contribution < 1.29 is 9.47 Å². The van der Waals surface area contributed by atoms with Gasteiger partial charge in [0, 0.05) is 11.5 Å². The molecule has 1 aliphatic heterocycles. The summed E-state index contributed by atoms with van der Waals surface area (Å²) in [5.41, 5.74) is 2.38. The SMILES string of the molecule is CCCOc1c(C)cc(C2CCCO2)cc1S. The Bertz CT molecular complexity index is 361. The highest BCUT2D eigenvalue weighted by Gasteiger charge is 2.19. The van der Waals surface area contributed by atoms with Crippen molar-refractivity contribution in [3.63, 3.8) is 0 Å². The number of ether oxygens (including phenoxy) is 2. The summed E-state index contributed by atoms with van der Waals surface area (Å²) in [4.78, 5) is 0.920. The minimum Gasteiger partial charge on any atom is -0.492 e. The molecule has 0 N–H and O–H groups in total. The van der Waals surface area contributed by atoms with E-state index in [1.165, 1.54) is 5.56 Å². The number of hydrogen-bond acceptors (Lipinski definition) is 3. The normalized spacial score (nSPS) is 19.6. The third-order valence-corrected chi connectivity index (χ3v) is 3.36. The molecule has 1 saturated heterocycles. The van der Waals surface area contributed by atoms with Crippen LogP contribution in [0, 0.1) is 6.92 Å². The molecule has 1 unspecified atom stereocenters. The van der Waals surface area contributed by atoms with Crippen molar-refractivity contribution in [3.05, 3.63) is 23.3 Å². The molecule has 1 aliphatic rings. The minimum atomic E-state index is 0.250. The minimum absolute atomic E-state index is 0.250. The molecule has 0 radical (unpaired) electrons. The van der Waals surface area contributed by atoms with Gasteiger partial charge in [0.2, 0.25) is 0 Å². The summed E-state index contributed by atoms with van der Waals surface area (Å²) in [6.07, 6.45) is 3.53. The zero-order valence-corrected chi connectivity index (χ0v) is 11.4. The molecule has 2 nitrogen and oxygen atoms in total. The lowest BCUT2D eigenvalue weighted by Crippen LogP contribution is -2.01. The maximum Gasteiger partial charge on any atom is 0.135 e. The van der Waals surface area contributed by atoms with Gasteiger partial charge in [-0.1, -0.05) is 6.92 Å². The molecule has 1 aromatic rings. The van der Waals surface area contributed by atoms with Crippen molar-refractivity contribution in [1.29, 1.82) is 0 Å². The van der Waals surface area contributed by atoms with E-state index in [4.69, 9.17) is 9.47 Å². The Balaban J connectivity index is 2.21. The monoisotopic (exact) mass is 252 g/mol. The Morgan fingerprint density at radius 3 is 2.88 bits per heavy atom. The summed E-state index contributed by atoms with van der Waals surface area (Å²) in [6, 6.07) is 4.25. The lowest BCUT2D eigenvalue weighted by Gasteiger charge is -2.16. The summed E-state index contributed by atoms with van der Waals surface area (Å²) >= 11 is 4.52. The molecular weight excluding hydrogens is 232 g/mol.